The number of hydrogen-bond acceptors (Lipinski definition) is 4. The third kappa shape index (κ3) is 4.60. The summed E-state index contributed by atoms with van der Waals surface area (Å²) in [6.07, 6.45) is 3.71. The first-order valence-corrected chi connectivity index (χ1v) is 9.31. The van der Waals surface area contributed by atoms with Crippen molar-refractivity contribution in [2.24, 2.45) is 0 Å². The molecule has 2 amide bonds. The first kappa shape index (κ1) is 17.5. The number of nitrogens with zero attached hydrogens (tertiary/aromatic N) is 2. The second kappa shape index (κ2) is 8.16. The molecule has 2 aromatic rings. The molecule has 130 valence electrons. The van der Waals surface area contributed by atoms with Gasteiger partial charge in [-0.15, -0.1) is 11.8 Å². The van der Waals surface area contributed by atoms with E-state index in [-0.39, 0.29) is 17.2 Å². The number of aromatic nitrogens is 1. The highest BCUT2D eigenvalue weighted by atomic mass is 32.2. The van der Waals surface area contributed by atoms with Crippen molar-refractivity contribution in [3.8, 4) is 0 Å². The summed E-state index contributed by atoms with van der Waals surface area (Å²) in [5.41, 5.74) is 3.31. The predicted molar refractivity (Wildman–Crippen MR) is 98.8 cm³/mol. The average Bonchev–Trinajstić information content (AvgIpc) is 3.00. The van der Waals surface area contributed by atoms with Crippen molar-refractivity contribution in [1.82, 2.24) is 15.2 Å². The van der Waals surface area contributed by atoms with E-state index in [4.69, 9.17) is 0 Å². The Labute approximate surface area is 151 Å². The highest BCUT2D eigenvalue weighted by Crippen LogP contribution is 2.38. The van der Waals surface area contributed by atoms with Crippen LogP contribution in [-0.2, 0) is 16.1 Å². The molecule has 3 rings (SSSR count). The van der Waals surface area contributed by atoms with E-state index in [1.807, 2.05) is 19.1 Å². The highest BCUT2D eigenvalue weighted by Gasteiger charge is 2.32. The molecule has 0 spiro atoms. The molecule has 1 aromatic carbocycles. The second-order valence-electron chi connectivity index (χ2n) is 6.04. The lowest BCUT2D eigenvalue weighted by Crippen LogP contribution is -2.33. The van der Waals surface area contributed by atoms with Crippen LogP contribution in [0.2, 0.25) is 0 Å². The smallest absolute Gasteiger partial charge is 0.233 e. The molecule has 0 saturated carbocycles. The standard InChI is InChI=1S/C19H21N3O2S/c1-14-2-4-16(5-3-14)19-22(18(24)13-25-19)11-8-17(23)21-12-15-6-9-20-10-7-15/h2-7,9-10,19H,8,11-13H2,1H3,(H,21,23). The number of aryl methyl sites for hydroxylation is 1. The van der Waals surface area contributed by atoms with Crippen molar-refractivity contribution >= 4 is 23.6 Å². The van der Waals surface area contributed by atoms with E-state index in [0.717, 1.165) is 11.1 Å². The molecular formula is C19H21N3O2S. The van der Waals surface area contributed by atoms with Crippen LogP contribution in [-0.4, -0.2) is 34.0 Å². The van der Waals surface area contributed by atoms with Gasteiger partial charge in [0.2, 0.25) is 11.8 Å². The normalized spacial score (nSPS) is 16.9. The minimum Gasteiger partial charge on any atom is -0.352 e. The SMILES string of the molecule is Cc1ccc(C2SCC(=O)N2CCC(=O)NCc2ccncc2)cc1. The lowest BCUT2D eigenvalue weighted by molar-refractivity contribution is -0.129. The van der Waals surface area contributed by atoms with Gasteiger partial charge in [-0.3, -0.25) is 14.6 Å². The zero-order valence-electron chi connectivity index (χ0n) is 14.1. The minimum absolute atomic E-state index is 0.00102. The summed E-state index contributed by atoms with van der Waals surface area (Å²) in [4.78, 5) is 30.0. The maximum atomic E-state index is 12.2. The van der Waals surface area contributed by atoms with Gasteiger partial charge in [-0.2, -0.15) is 0 Å². The van der Waals surface area contributed by atoms with E-state index in [1.54, 1.807) is 29.1 Å². The van der Waals surface area contributed by atoms with Crippen LogP contribution in [0.3, 0.4) is 0 Å². The largest absolute Gasteiger partial charge is 0.352 e. The van der Waals surface area contributed by atoms with Crippen LogP contribution in [0.1, 0.15) is 28.5 Å². The summed E-state index contributed by atoms with van der Waals surface area (Å²) in [6, 6.07) is 12.0. The molecule has 1 atom stereocenters. The first-order chi connectivity index (χ1) is 12.1. The Morgan fingerprint density at radius 3 is 2.68 bits per heavy atom. The quantitative estimate of drug-likeness (QED) is 0.865. The number of amides is 2. The summed E-state index contributed by atoms with van der Waals surface area (Å²) in [6.45, 7) is 2.96. The molecule has 1 aliphatic rings. The van der Waals surface area contributed by atoms with Crippen LogP contribution in [0.25, 0.3) is 0 Å². The number of carbonyl (C=O) groups excluding carboxylic acids is 2. The molecular weight excluding hydrogens is 334 g/mol. The Morgan fingerprint density at radius 2 is 1.96 bits per heavy atom. The van der Waals surface area contributed by atoms with Gasteiger partial charge in [-0.05, 0) is 30.2 Å². The Balaban J connectivity index is 1.54. The number of thioether (sulfide) groups is 1. The highest BCUT2D eigenvalue weighted by molar-refractivity contribution is 8.00. The Bertz CT molecular complexity index is 734. The van der Waals surface area contributed by atoms with Gasteiger partial charge in [0.25, 0.3) is 0 Å². The molecule has 1 unspecified atom stereocenters. The summed E-state index contributed by atoms with van der Waals surface area (Å²) >= 11 is 1.62. The number of hydrogen-bond donors (Lipinski definition) is 1. The van der Waals surface area contributed by atoms with Gasteiger partial charge < -0.3 is 10.2 Å². The van der Waals surface area contributed by atoms with E-state index in [2.05, 4.69) is 34.6 Å². The van der Waals surface area contributed by atoms with Crippen LogP contribution in [0.5, 0.6) is 0 Å². The fraction of sp³-hybridized carbons (Fsp3) is 0.316. The van der Waals surface area contributed by atoms with Crippen molar-refractivity contribution in [2.75, 3.05) is 12.3 Å². The van der Waals surface area contributed by atoms with Crippen molar-refractivity contribution in [3.63, 3.8) is 0 Å². The summed E-state index contributed by atoms with van der Waals surface area (Å²) in [5, 5.41) is 2.89. The zero-order chi connectivity index (χ0) is 17.6. The number of rotatable bonds is 6. The van der Waals surface area contributed by atoms with Crippen LogP contribution >= 0.6 is 11.8 Å². The molecule has 0 radical (unpaired) electrons. The lowest BCUT2D eigenvalue weighted by atomic mass is 10.1. The van der Waals surface area contributed by atoms with E-state index < -0.39 is 0 Å². The van der Waals surface area contributed by atoms with Crippen molar-refractivity contribution in [3.05, 3.63) is 65.5 Å². The fourth-order valence-electron chi connectivity index (χ4n) is 2.71. The van der Waals surface area contributed by atoms with Crippen LogP contribution in [0, 0.1) is 6.92 Å². The third-order valence-corrected chi connectivity index (χ3v) is 5.41. The maximum Gasteiger partial charge on any atom is 0.233 e. The van der Waals surface area contributed by atoms with Crippen molar-refractivity contribution in [1.29, 1.82) is 0 Å². The summed E-state index contributed by atoms with van der Waals surface area (Å²) in [5.74, 6) is 0.513. The molecule has 1 aromatic heterocycles. The van der Waals surface area contributed by atoms with Gasteiger partial charge in [0.05, 0.1) is 5.75 Å². The van der Waals surface area contributed by atoms with Crippen molar-refractivity contribution < 1.29 is 9.59 Å². The van der Waals surface area contributed by atoms with Gasteiger partial charge in [-0.25, -0.2) is 0 Å². The number of pyridine rings is 1. The molecule has 5 nitrogen and oxygen atoms in total. The summed E-state index contributed by atoms with van der Waals surface area (Å²) in [7, 11) is 0. The monoisotopic (exact) mass is 355 g/mol. The Kier molecular flexibility index (Phi) is 5.71. The van der Waals surface area contributed by atoms with E-state index in [0.29, 0.717) is 25.3 Å². The minimum atomic E-state index is -0.0517. The molecule has 0 aliphatic carbocycles. The van der Waals surface area contributed by atoms with E-state index in [9.17, 15) is 9.59 Å². The lowest BCUT2D eigenvalue weighted by Gasteiger charge is -2.24. The van der Waals surface area contributed by atoms with Gasteiger partial charge in [-0.1, -0.05) is 29.8 Å². The summed E-state index contributed by atoms with van der Waals surface area (Å²) < 4.78 is 0. The number of benzene rings is 1. The van der Waals surface area contributed by atoms with Crippen molar-refractivity contribution in [2.45, 2.75) is 25.3 Å². The van der Waals surface area contributed by atoms with E-state index >= 15 is 0 Å². The predicted octanol–water partition coefficient (Wildman–Crippen LogP) is 2.67. The van der Waals surface area contributed by atoms with Crippen LogP contribution < -0.4 is 5.32 Å². The molecule has 25 heavy (non-hydrogen) atoms. The Morgan fingerprint density at radius 1 is 1.24 bits per heavy atom. The molecule has 0 bridgehead atoms. The average molecular weight is 355 g/mol. The molecule has 1 aliphatic heterocycles. The van der Waals surface area contributed by atoms with Gasteiger partial charge in [0.1, 0.15) is 5.37 Å². The number of carbonyl (C=O) groups is 2. The molecule has 1 fully saturated rings. The zero-order valence-corrected chi connectivity index (χ0v) is 15.0. The molecule has 2 heterocycles. The van der Waals surface area contributed by atoms with Gasteiger partial charge >= 0.3 is 0 Å². The van der Waals surface area contributed by atoms with Gasteiger partial charge in [0, 0.05) is 31.9 Å². The fourth-order valence-corrected chi connectivity index (χ4v) is 3.93. The maximum absolute atomic E-state index is 12.2. The Hall–Kier alpha value is -2.34. The topological polar surface area (TPSA) is 62.3 Å². The molecule has 1 saturated heterocycles. The molecule has 1 N–H and O–H groups in total. The third-order valence-electron chi connectivity index (χ3n) is 4.15. The van der Waals surface area contributed by atoms with E-state index in [1.165, 1.54) is 5.56 Å². The second-order valence-corrected chi connectivity index (χ2v) is 7.11. The van der Waals surface area contributed by atoms with Crippen LogP contribution in [0.15, 0.2) is 48.8 Å². The molecule has 6 heteroatoms. The van der Waals surface area contributed by atoms with Gasteiger partial charge in [0.15, 0.2) is 0 Å². The number of nitrogens with one attached hydrogen (secondary N) is 1. The first-order valence-electron chi connectivity index (χ1n) is 8.27. The van der Waals surface area contributed by atoms with Crippen LogP contribution in [0.4, 0.5) is 0 Å².